The molecule has 1 atom stereocenters. The summed E-state index contributed by atoms with van der Waals surface area (Å²) in [6.45, 7) is 7.71. The monoisotopic (exact) mass is 265 g/mol. The van der Waals surface area contributed by atoms with Gasteiger partial charge in [-0.15, -0.1) is 0 Å². The minimum atomic E-state index is -0.0610. The zero-order chi connectivity index (χ0) is 13.9. The van der Waals surface area contributed by atoms with Gasteiger partial charge in [-0.3, -0.25) is 0 Å². The molecule has 0 bridgehead atoms. The Bertz CT molecular complexity index is 443. The summed E-state index contributed by atoms with van der Waals surface area (Å²) in [7, 11) is 0. The number of nitrogens with one attached hydrogen (secondary N) is 2. The van der Waals surface area contributed by atoms with Crippen molar-refractivity contribution in [3.8, 4) is 0 Å². The molecule has 1 fully saturated rings. The molecule has 1 aliphatic heterocycles. The van der Waals surface area contributed by atoms with Gasteiger partial charge in [0.15, 0.2) is 0 Å². The van der Waals surface area contributed by atoms with Crippen LogP contribution in [-0.2, 0) is 11.2 Å². The van der Waals surface area contributed by atoms with Gasteiger partial charge in [0, 0.05) is 18.6 Å². The number of nitrogens with zero attached hydrogens (tertiary/aromatic N) is 2. The van der Waals surface area contributed by atoms with Crippen LogP contribution >= 0.6 is 0 Å². The van der Waals surface area contributed by atoms with E-state index >= 15 is 0 Å². The molecular weight excluding hydrogens is 242 g/mol. The van der Waals surface area contributed by atoms with Crippen LogP contribution in [-0.4, -0.2) is 28.7 Å². The molecule has 106 valence electrons. The maximum atomic E-state index is 5.53. The van der Waals surface area contributed by atoms with Gasteiger partial charge in [0.05, 0.1) is 12.1 Å². The van der Waals surface area contributed by atoms with E-state index in [-0.39, 0.29) is 5.54 Å². The van der Waals surface area contributed by atoms with Crippen LogP contribution in [0.2, 0.25) is 0 Å². The van der Waals surface area contributed by atoms with Crippen LogP contribution in [0.5, 0.6) is 0 Å². The Morgan fingerprint density at radius 3 is 2.68 bits per heavy atom. The second-order valence-electron chi connectivity index (χ2n) is 5.34. The van der Waals surface area contributed by atoms with Crippen LogP contribution < -0.4 is 16.6 Å². The highest BCUT2D eigenvalue weighted by atomic mass is 16.5. The number of aromatic nitrogens is 2. The minimum absolute atomic E-state index is 0.0610. The van der Waals surface area contributed by atoms with Gasteiger partial charge in [0.1, 0.15) is 17.5 Å². The lowest BCUT2D eigenvalue weighted by atomic mass is 10.0. The number of nitrogen functional groups attached to an aromatic ring is 1. The van der Waals surface area contributed by atoms with Gasteiger partial charge >= 0.3 is 0 Å². The van der Waals surface area contributed by atoms with Crippen LogP contribution in [0.1, 0.15) is 38.1 Å². The number of hydrogen-bond donors (Lipinski definition) is 3. The topological polar surface area (TPSA) is 85.1 Å². The molecule has 6 nitrogen and oxygen atoms in total. The van der Waals surface area contributed by atoms with Crippen LogP contribution in [0, 0.1) is 6.92 Å². The number of hydrazine groups is 1. The molecule has 19 heavy (non-hydrogen) atoms. The van der Waals surface area contributed by atoms with E-state index in [1.54, 1.807) is 0 Å². The Hall–Kier alpha value is -1.40. The third kappa shape index (κ3) is 3.13. The molecule has 1 saturated heterocycles. The van der Waals surface area contributed by atoms with Gasteiger partial charge in [-0.25, -0.2) is 15.8 Å². The predicted octanol–water partition coefficient (Wildman–Crippen LogP) is 1.61. The molecule has 0 saturated carbocycles. The second-order valence-corrected chi connectivity index (χ2v) is 5.34. The highest BCUT2D eigenvalue weighted by Gasteiger charge is 2.30. The van der Waals surface area contributed by atoms with Gasteiger partial charge in [-0.2, -0.15) is 0 Å². The summed E-state index contributed by atoms with van der Waals surface area (Å²) in [6, 6.07) is 0. The first-order valence-corrected chi connectivity index (χ1v) is 6.78. The van der Waals surface area contributed by atoms with Crippen LogP contribution in [0.25, 0.3) is 0 Å². The lowest BCUT2D eigenvalue weighted by Gasteiger charge is -2.26. The van der Waals surface area contributed by atoms with Crippen molar-refractivity contribution in [2.75, 3.05) is 24.0 Å². The summed E-state index contributed by atoms with van der Waals surface area (Å²) in [6.07, 6.45) is 2.83. The standard InChI is InChI=1S/C13H23N5O/c1-4-5-10-15-11(9(2)12(16-10)18-14)17-13(3)6-7-19-8-13/h4-8,14H2,1-3H3,(H2,15,16,17,18). The molecular formula is C13H23N5O. The average molecular weight is 265 g/mol. The Balaban J connectivity index is 2.29. The van der Waals surface area contributed by atoms with Crippen molar-refractivity contribution >= 4 is 11.6 Å². The number of nitrogens with two attached hydrogens (primary N) is 1. The largest absolute Gasteiger partial charge is 0.379 e. The van der Waals surface area contributed by atoms with Crippen molar-refractivity contribution < 1.29 is 4.74 Å². The second kappa shape index (κ2) is 5.71. The molecule has 4 N–H and O–H groups in total. The van der Waals surface area contributed by atoms with E-state index in [2.05, 4.69) is 34.6 Å². The third-order valence-corrected chi connectivity index (χ3v) is 3.44. The van der Waals surface area contributed by atoms with E-state index < -0.39 is 0 Å². The Morgan fingerprint density at radius 1 is 1.37 bits per heavy atom. The quantitative estimate of drug-likeness (QED) is 0.554. The van der Waals surface area contributed by atoms with Crippen LogP contribution in [0.4, 0.5) is 11.6 Å². The lowest BCUT2D eigenvalue weighted by Crippen LogP contribution is -2.36. The first-order chi connectivity index (χ1) is 9.08. The molecule has 0 spiro atoms. The smallest absolute Gasteiger partial charge is 0.148 e. The third-order valence-electron chi connectivity index (χ3n) is 3.44. The summed E-state index contributed by atoms with van der Waals surface area (Å²) in [4.78, 5) is 9.03. The van der Waals surface area contributed by atoms with Crippen LogP contribution in [0.15, 0.2) is 0 Å². The van der Waals surface area contributed by atoms with E-state index in [4.69, 9.17) is 10.6 Å². The van der Waals surface area contributed by atoms with E-state index in [0.29, 0.717) is 12.4 Å². The average Bonchev–Trinajstić information content (AvgIpc) is 2.80. The van der Waals surface area contributed by atoms with Crippen molar-refractivity contribution in [2.24, 2.45) is 5.84 Å². The molecule has 0 aromatic carbocycles. The zero-order valence-corrected chi connectivity index (χ0v) is 11.9. The summed E-state index contributed by atoms with van der Waals surface area (Å²) < 4.78 is 5.46. The highest BCUT2D eigenvalue weighted by Crippen LogP contribution is 2.27. The van der Waals surface area contributed by atoms with Gasteiger partial charge in [-0.05, 0) is 26.7 Å². The van der Waals surface area contributed by atoms with Crippen molar-refractivity contribution in [1.29, 1.82) is 0 Å². The minimum Gasteiger partial charge on any atom is -0.379 e. The van der Waals surface area contributed by atoms with E-state index in [1.807, 2.05) is 6.92 Å². The van der Waals surface area contributed by atoms with Crippen molar-refractivity contribution in [1.82, 2.24) is 9.97 Å². The van der Waals surface area contributed by atoms with Gasteiger partial charge in [-0.1, -0.05) is 6.92 Å². The molecule has 1 unspecified atom stereocenters. The van der Waals surface area contributed by atoms with Crippen molar-refractivity contribution in [2.45, 2.75) is 45.6 Å². The summed E-state index contributed by atoms with van der Waals surface area (Å²) in [5.41, 5.74) is 3.53. The first-order valence-electron chi connectivity index (χ1n) is 6.78. The van der Waals surface area contributed by atoms with Gasteiger partial charge < -0.3 is 15.5 Å². The number of aryl methyl sites for hydroxylation is 1. The SMILES string of the molecule is CCCc1nc(NN)c(C)c(NC2(C)CCOC2)n1. The normalized spacial score (nSPS) is 22.5. The highest BCUT2D eigenvalue weighted by molar-refractivity contribution is 5.57. The molecule has 2 heterocycles. The first kappa shape index (κ1) is 14.0. The fraction of sp³-hybridized carbons (Fsp3) is 0.692. The van der Waals surface area contributed by atoms with Gasteiger partial charge in [0.25, 0.3) is 0 Å². The number of hydrogen-bond acceptors (Lipinski definition) is 6. The molecule has 0 aliphatic carbocycles. The fourth-order valence-electron chi connectivity index (χ4n) is 2.21. The van der Waals surface area contributed by atoms with Crippen molar-refractivity contribution in [3.63, 3.8) is 0 Å². The maximum Gasteiger partial charge on any atom is 0.148 e. The fourth-order valence-corrected chi connectivity index (χ4v) is 2.21. The Morgan fingerprint density at radius 2 is 2.11 bits per heavy atom. The zero-order valence-electron chi connectivity index (χ0n) is 11.9. The van der Waals surface area contributed by atoms with Gasteiger partial charge in [0.2, 0.25) is 0 Å². The number of anilines is 2. The lowest BCUT2D eigenvalue weighted by molar-refractivity contribution is 0.185. The molecule has 1 aromatic rings. The van der Waals surface area contributed by atoms with E-state index in [0.717, 1.165) is 43.1 Å². The molecule has 0 radical (unpaired) electrons. The maximum absolute atomic E-state index is 5.53. The summed E-state index contributed by atoms with van der Waals surface area (Å²) in [5, 5.41) is 3.49. The van der Waals surface area contributed by atoms with Crippen molar-refractivity contribution in [3.05, 3.63) is 11.4 Å². The number of rotatable bonds is 5. The number of ether oxygens (including phenoxy) is 1. The molecule has 1 aromatic heterocycles. The Kier molecular flexibility index (Phi) is 4.21. The molecule has 2 rings (SSSR count). The summed E-state index contributed by atoms with van der Waals surface area (Å²) in [5.74, 6) is 7.87. The van der Waals surface area contributed by atoms with E-state index in [9.17, 15) is 0 Å². The molecule has 1 aliphatic rings. The summed E-state index contributed by atoms with van der Waals surface area (Å²) >= 11 is 0. The molecule has 6 heteroatoms. The van der Waals surface area contributed by atoms with Crippen LogP contribution in [0.3, 0.4) is 0 Å². The van der Waals surface area contributed by atoms with E-state index in [1.165, 1.54) is 0 Å². The molecule has 0 amide bonds. The predicted molar refractivity (Wildman–Crippen MR) is 76.0 cm³/mol. The Labute approximate surface area is 114 Å².